The van der Waals surface area contributed by atoms with Gasteiger partial charge in [0.2, 0.25) is 0 Å². The van der Waals surface area contributed by atoms with Gasteiger partial charge < -0.3 is 0 Å². The van der Waals surface area contributed by atoms with Crippen LogP contribution in [0.3, 0.4) is 0 Å². The maximum Gasteiger partial charge on any atom is 0.270 e. The molecule has 0 saturated carbocycles. The van der Waals surface area contributed by atoms with E-state index in [0.29, 0.717) is 0 Å². The first-order valence-corrected chi connectivity index (χ1v) is 4.18. The van der Waals surface area contributed by atoms with Gasteiger partial charge in [0.1, 0.15) is 0 Å². The fourth-order valence-corrected chi connectivity index (χ4v) is 1.42. The lowest BCUT2D eigenvalue weighted by atomic mass is 10.1. The fourth-order valence-electron chi connectivity index (χ4n) is 1.42. The van der Waals surface area contributed by atoms with Crippen molar-refractivity contribution in [2.75, 3.05) is 0 Å². The predicted molar refractivity (Wildman–Crippen MR) is 53.1 cm³/mol. The summed E-state index contributed by atoms with van der Waals surface area (Å²) in [6.07, 6.45) is 1.70. The van der Waals surface area contributed by atoms with Crippen LogP contribution in [0, 0.1) is 17.0 Å². The molecule has 0 N–H and O–H groups in total. The van der Waals surface area contributed by atoms with Crippen LogP contribution in [0.2, 0.25) is 0 Å². The van der Waals surface area contributed by atoms with Crippen LogP contribution in [0.1, 0.15) is 5.69 Å². The number of nitro groups is 1. The zero-order valence-corrected chi connectivity index (χ0v) is 7.60. The zero-order valence-electron chi connectivity index (χ0n) is 7.60. The molecule has 2 aromatic rings. The number of aromatic nitrogens is 1. The molecule has 0 aliphatic carbocycles. The minimum Gasteiger partial charge on any atom is -0.261 e. The highest BCUT2D eigenvalue weighted by atomic mass is 16.6. The summed E-state index contributed by atoms with van der Waals surface area (Å²) < 4.78 is 0. The van der Waals surface area contributed by atoms with Crippen LogP contribution in [0.5, 0.6) is 0 Å². The lowest BCUT2D eigenvalue weighted by Crippen LogP contribution is -1.89. The molecule has 14 heavy (non-hydrogen) atoms. The number of hydrogen-bond acceptors (Lipinski definition) is 3. The van der Waals surface area contributed by atoms with E-state index >= 15 is 0 Å². The number of fused-ring (bicyclic) bond motifs is 1. The van der Waals surface area contributed by atoms with E-state index in [9.17, 15) is 10.1 Å². The largest absolute Gasteiger partial charge is 0.270 e. The van der Waals surface area contributed by atoms with E-state index < -0.39 is 4.92 Å². The van der Waals surface area contributed by atoms with Gasteiger partial charge in [-0.2, -0.15) is 0 Å². The summed E-state index contributed by atoms with van der Waals surface area (Å²) in [6, 6.07) is 6.63. The first-order chi connectivity index (χ1) is 6.68. The molecule has 1 aromatic heterocycles. The molecule has 0 atom stereocenters. The van der Waals surface area contributed by atoms with Crippen molar-refractivity contribution in [1.82, 2.24) is 4.98 Å². The number of pyridine rings is 1. The lowest BCUT2D eigenvalue weighted by molar-refractivity contribution is -0.384. The summed E-state index contributed by atoms with van der Waals surface area (Å²) in [5.41, 5.74) is 0.916. The molecule has 1 heterocycles. The molecule has 2 rings (SSSR count). The highest BCUT2D eigenvalue weighted by Crippen LogP contribution is 2.21. The number of rotatable bonds is 1. The number of hydrogen-bond donors (Lipinski definition) is 0. The average Bonchev–Trinajstić information content (AvgIpc) is 2.18. The second-order valence-corrected chi connectivity index (χ2v) is 3.06. The van der Waals surface area contributed by atoms with Crippen molar-refractivity contribution >= 4 is 16.5 Å². The molecule has 0 spiro atoms. The number of benzene rings is 1. The second kappa shape index (κ2) is 3.06. The first kappa shape index (κ1) is 8.62. The van der Waals surface area contributed by atoms with Gasteiger partial charge in [0.05, 0.1) is 4.92 Å². The summed E-state index contributed by atoms with van der Waals surface area (Å²) in [5.74, 6) is 0. The Kier molecular flexibility index (Phi) is 1.89. The van der Waals surface area contributed by atoms with E-state index in [1.54, 1.807) is 18.3 Å². The summed E-state index contributed by atoms with van der Waals surface area (Å²) in [6.45, 7) is 1.84. The Morgan fingerprint density at radius 3 is 2.86 bits per heavy atom. The van der Waals surface area contributed by atoms with E-state index in [0.717, 1.165) is 16.5 Å². The van der Waals surface area contributed by atoms with Crippen molar-refractivity contribution in [3.63, 3.8) is 0 Å². The van der Waals surface area contributed by atoms with E-state index in [4.69, 9.17) is 0 Å². The normalized spacial score (nSPS) is 10.4. The van der Waals surface area contributed by atoms with Crippen LogP contribution in [-0.2, 0) is 0 Å². The molecule has 0 fully saturated rings. The van der Waals surface area contributed by atoms with Crippen LogP contribution in [0.15, 0.2) is 30.5 Å². The maximum atomic E-state index is 10.5. The molecule has 0 unspecified atom stereocenters. The van der Waals surface area contributed by atoms with Crippen LogP contribution < -0.4 is 0 Å². The van der Waals surface area contributed by atoms with Gasteiger partial charge in [0, 0.05) is 29.4 Å². The van der Waals surface area contributed by atoms with Crippen molar-refractivity contribution in [3.8, 4) is 0 Å². The molecule has 70 valence electrons. The predicted octanol–water partition coefficient (Wildman–Crippen LogP) is 2.45. The van der Waals surface area contributed by atoms with Crippen LogP contribution >= 0.6 is 0 Å². The maximum absolute atomic E-state index is 10.5. The first-order valence-electron chi connectivity index (χ1n) is 4.18. The number of nitro benzene ring substituents is 1. The summed E-state index contributed by atoms with van der Waals surface area (Å²) in [4.78, 5) is 14.2. The molecular weight excluding hydrogens is 180 g/mol. The lowest BCUT2D eigenvalue weighted by Gasteiger charge is -1.99. The highest BCUT2D eigenvalue weighted by molar-refractivity contribution is 5.86. The smallest absolute Gasteiger partial charge is 0.261 e. The fraction of sp³-hybridized carbons (Fsp3) is 0.100. The molecule has 0 amide bonds. The topological polar surface area (TPSA) is 56.0 Å². The Morgan fingerprint density at radius 2 is 2.14 bits per heavy atom. The van der Waals surface area contributed by atoms with E-state index in [2.05, 4.69) is 4.98 Å². The van der Waals surface area contributed by atoms with Crippen molar-refractivity contribution in [2.24, 2.45) is 0 Å². The second-order valence-electron chi connectivity index (χ2n) is 3.06. The third-order valence-electron chi connectivity index (χ3n) is 2.16. The molecular formula is C10H8N2O2. The summed E-state index contributed by atoms with van der Waals surface area (Å²) in [7, 11) is 0. The number of aryl methyl sites for hydroxylation is 1. The van der Waals surface area contributed by atoms with Gasteiger partial charge in [0.25, 0.3) is 5.69 Å². The van der Waals surface area contributed by atoms with E-state index in [1.807, 2.05) is 13.0 Å². The van der Waals surface area contributed by atoms with E-state index in [1.165, 1.54) is 6.07 Å². The molecule has 0 radical (unpaired) electrons. The van der Waals surface area contributed by atoms with Crippen LogP contribution in [0.25, 0.3) is 10.8 Å². The molecule has 4 nitrogen and oxygen atoms in total. The third kappa shape index (κ3) is 1.31. The van der Waals surface area contributed by atoms with Gasteiger partial charge in [-0.15, -0.1) is 0 Å². The average molecular weight is 188 g/mol. The van der Waals surface area contributed by atoms with Gasteiger partial charge in [-0.25, -0.2) is 0 Å². The SMILES string of the molecule is Cc1nccc2ccc([N+](=O)[O-])cc12. The third-order valence-corrected chi connectivity index (χ3v) is 2.16. The zero-order chi connectivity index (χ0) is 10.1. The highest BCUT2D eigenvalue weighted by Gasteiger charge is 2.06. The Balaban J connectivity index is 2.76. The van der Waals surface area contributed by atoms with Gasteiger partial charge in [0.15, 0.2) is 0 Å². The Bertz CT molecular complexity index is 508. The molecule has 0 saturated heterocycles. The quantitative estimate of drug-likeness (QED) is 0.510. The summed E-state index contributed by atoms with van der Waals surface area (Å²) >= 11 is 0. The van der Waals surface area contributed by atoms with Gasteiger partial charge in [-0.05, 0) is 24.4 Å². The number of nitrogens with zero attached hydrogens (tertiary/aromatic N) is 2. The molecule has 0 aliphatic heterocycles. The van der Waals surface area contributed by atoms with Crippen molar-refractivity contribution in [3.05, 3.63) is 46.3 Å². The summed E-state index contributed by atoms with van der Waals surface area (Å²) in [5, 5.41) is 12.4. The van der Waals surface area contributed by atoms with Gasteiger partial charge >= 0.3 is 0 Å². The Hall–Kier alpha value is -1.97. The minimum absolute atomic E-state index is 0.105. The Labute approximate surface area is 80.4 Å². The van der Waals surface area contributed by atoms with Crippen molar-refractivity contribution < 1.29 is 4.92 Å². The van der Waals surface area contributed by atoms with Crippen molar-refractivity contribution in [1.29, 1.82) is 0 Å². The number of non-ortho nitro benzene ring substituents is 1. The molecule has 0 aliphatic rings. The van der Waals surface area contributed by atoms with E-state index in [-0.39, 0.29) is 5.69 Å². The molecule has 4 heteroatoms. The van der Waals surface area contributed by atoms with Crippen LogP contribution in [0.4, 0.5) is 5.69 Å². The van der Waals surface area contributed by atoms with Gasteiger partial charge in [-0.1, -0.05) is 0 Å². The molecule has 0 bridgehead atoms. The minimum atomic E-state index is -0.397. The molecule has 1 aromatic carbocycles. The van der Waals surface area contributed by atoms with Gasteiger partial charge in [-0.3, -0.25) is 15.1 Å². The monoisotopic (exact) mass is 188 g/mol. The van der Waals surface area contributed by atoms with Crippen molar-refractivity contribution in [2.45, 2.75) is 6.92 Å². The Morgan fingerprint density at radius 1 is 1.36 bits per heavy atom. The standard InChI is InChI=1S/C10H8N2O2/c1-7-10-6-9(12(13)14)3-2-8(10)4-5-11-7/h2-6H,1H3. The van der Waals surface area contributed by atoms with Crippen LogP contribution in [-0.4, -0.2) is 9.91 Å².